The van der Waals surface area contributed by atoms with Crippen molar-refractivity contribution in [2.45, 2.75) is 39.2 Å². The molecule has 0 atom stereocenters. The minimum Gasteiger partial charge on any atom is -0.444 e. The zero-order valence-electron chi connectivity index (χ0n) is 18.6. The molecule has 3 N–H and O–H groups in total. The summed E-state index contributed by atoms with van der Waals surface area (Å²) in [4.78, 5) is 18.9. The molecule has 0 bridgehead atoms. The molecule has 0 saturated carbocycles. The molecular formula is C23H29BrN6O2. The Morgan fingerprint density at radius 3 is 2.69 bits per heavy atom. The van der Waals surface area contributed by atoms with Gasteiger partial charge in [0.1, 0.15) is 11.4 Å². The van der Waals surface area contributed by atoms with Crippen LogP contribution in [0.1, 0.15) is 33.6 Å². The minimum atomic E-state index is -0.472. The van der Waals surface area contributed by atoms with Gasteiger partial charge in [-0.05, 0) is 61.5 Å². The van der Waals surface area contributed by atoms with Crippen LogP contribution in [0.2, 0.25) is 0 Å². The number of carbonyl (C=O) groups excluding carboxylic acids is 1. The standard InChI is InChI=1S/C23H29BrN6O2/c1-23(2,3)32-22(31)29-10-8-15(9-11-29)13-26-20-12-19(16-6-4-5-7-18(16)25)28-21-17(24)14-27-30(20)21/h4-7,12,14-15,26H,8-11,13,25H2,1-3H3. The molecule has 0 unspecified atom stereocenters. The van der Waals surface area contributed by atoms with Gasteiger partial charge >= 0.3 is 6.09 Å². The third-order valence-corrected chi connectivity index (χ3v) is 6.06. The lowest BCUT2D eigenvalue weighted by Gasteiger charge is -2.33. The number of carbonyl (C=O) groups is 1. The second-order valence-electron chi connectivity index (χ2n) is 9.13. The Labute approximate surface area is 196 Å². The number of hydrogen-bond acceptors (Lipinski definition) is 6. The molecule has 32 heavy (non-hydrogen) atoms. The van der Waals surface area contributed by atoms with Crippen molar-refractivity contribution < 1.29 is 9.53 Å². The van der Waals surface area contributed by atoms with Gasteiger partial charge in [-0.15, -0.1) is 0 Å². The van der Waals surface area contributed by atoms with Crippen molar-refractivity contribution in [2.75, 3.05) is 30.7 Å². The number of likely N-dealkylation sites (tertiary alicyclic amines) is 1. The normalized spacial score (nSPS) is 15.2. The first kappa shape index (κ1) is 22.4. The van der Waals surface area contributed by atoms with Crippen molar-refractivity contribution >= 4 is 39.2 Å². The summed E-state index contributed by atoms with van der Waals surface area (Å²) in [5, 5.41) is 8.00. The first-order chi connectivity index (χ1) is 15.2. The molecule has 170 valence electrons. The minimum absolute atomic E-state index is 0.230. The fraction of sp³-hybridized carbons (Fsp3) is 0.435. The number of fused-ring (bicyclic) bond motifs is 1. The van der Waals surface area contributed by atoms with Gasteiger partial charge in [-0.25, -0.2) is 9.78 Å². The van der Waals surface area contributed by atoms with Crippen LogP contribution in [-0.4, -0.2) is 50.8 Å². The Kier molecular flexibility index (Phi) is 6.28. The van der Waals surface area contributed by atoms with Crippen LogP contribution >= 0.6 is 15.9 Å². The maximum atomic E-state index is 12.3. The number of ether oxygens (including phenoxy) is 1. The van der Waals surface area contributed by atoms with Gasteiger partial charge in [0.15, 0.2) is 5.65 Å². The summed E-state index contributed by atoms with van der Waals surface area (Å²) in [5.74, 6) is 1.30. The van der Waals surface area contributed by atoms with E-state index < -0.39 is 5.60 Å². The van der Waals surface area contributed by atoms with Gasteiger partial charge in [0, 0.05) is 37.0 Å². The zero-order valence-corrected chi connectivity index (χ0v) is 20.2. The largest absolute Gasteiger partial charge is 0.444 e. The zero-order chi connectivity index (χ0) is 22.9. The van der Waals surface area contributed by atoms with E-state index in [2.05, 4.69) is 26.3 Å². The third kappa shape index (κ3) is 4.98. The number of nitrogens with zero attached hydrogens (tertiary/aromatic N) is 4. The summed E-state index contributed by atoms with van der Waals surface area (Å²) in [6, 6.07) is 9.68. The van der Waals surface area contributed by atoms with Crippen LogP contribution in [0.3, 0.4) is 0 Å². The van der Waals surface area contributed by atoms with Gasteiger partial charge in [0.2, 0.25) is 0 Å². The molecule has 0 radical (unpaired) electrons. The second-order valence-corrected chi connectivity index (χ2v) is 9.99. The fourth-order valence-corrected chi connectivity index (χ4v) is 4.17. The number of para-hydroxylation sites is 1. The van der Waals surface area contributed by atoms with Crippen molar-refractivity contribution in [2.24, 2.45) is 5.92 Å². The topological polar surface area (TPSA) is 97.8 Å². The first-order valence-electron chi connectivity index (χ1n) is 10.8. The predicted molar refractivity (Wildman–Crippen MR) is 130 cm³/mol. The third-order valence-electron chi connectivity index (χ3n) is 5.50. The van der Waals surface area contributed by atoms with Crippen LogP contribution in [0.5, 0.6) is 0 Å². The number of rotatable bonds is 4. The average Bonchev–Trinajstić information content (AvgIpc) is 3.12. The van der Waals surface area contributed by atoms with Crippen molar-refractivity contribution in [1.29, 1.82) is 0 Å². The van der Waals surface area contributed by atoms with Crippen molar-refractivity contribution in [3.63, 3.8) is 0 Å². The molecule has 4 rings (SSSR count). The highest BCUT2D eigenvalue weighted by atomic mass is 79.9. The van der Waals surface area contributed by atoms with Gasteiger partial charge in [0.05, 0.1) is 16.4 Å². The monoisotopic (exact) mass is 500 g/mol. The highest BCUT2D eigenvalue weighted by Crippen LogP contribution is 2.29. The summed E-state index contributed by atoms with van der Waals surface area (Å²) in [7, 11) is 0. The lowest BCUT2D eigenvalue weighted by molar-refractivity contribution is 0.0188. The number of anilines is 2. The van der Waals surface area contributed by atoms with Gasteiger partial charge in [-0.3, -0.25) is 0 Å². The molecule has 1 aromatic carbocycles. The molecule has 2 aromatic heterocycles. The van der Waals surface area contributed by atoms with Crippen LogP contribution < -0.4 is 11.1 Å². The molecular weight excluding hydrogens is 472 g/mol. The highest BCUT2D eigenvalue weighted by molar-refractivity contribution is 9.10. The van der Waals surface area contributed by atoms with Crippen molar-refractivity contribution in [3.05, 3.63) is 41.0 Å². The number of nitrogens with one attached hydrogen (secondary N) is 1. The second kappa shape index (κ2) is 8.97. The summed E-state index contributed by atoms with van der Waals surface area (Å²) in [6.07, 6.45) is 3.35. The Balaban J connectivity index is 1.46. The number of nitrogen functional groups attached to an aromatic ring is 1. The van der Waals surface area contributed by atoms with Crippen LogP contribution in [0.4, 0.5) is 16.3 Å². The van der Waals surface area contributed by atoms with Crippen LogP contribution in [0.25, 0.3) is 16.9 Å². The van der Waals surface area contributed by atoms with Crippen molar-refractivity contribution in [3.8, 4) is 11.3 Å². The predicted octanol–water partition coefficient (Wildman–Crippen LogP) is 4.80. The number of amides is 1. The lowest BCUT2D eigenvalue weighted by Crippen LogP contribution is -2.42. The van der Waals surface area contributed by atoms with Gasteiger partial charge in [0.25, 0.3) is 0 Å². The Bertz CT molecular complexity index is 1120. The quantitative estimate of drug-likeness (QED) is 0.499. The molecule has 9 heteroatoms. The molecule has 0 spiro atoms. The van der Waals surface area contributed by atoms with Gasteiger partial charge < -0.3 is 20.7 Å². The number of nitrogens with two attached hydrogens (primary N) is 1. The maximum absolute atomic E-state index is 12.3. The molecule has 8 nitrogen and oxygen atoms in total. The van der Waals surface area contributed by atoms with E-state index in [0.29, 0.717) is 24.7 Å². The molecule has 1 saturated heterocycles. The van der Waals surface area contributed by atoms with Gasteiger partial charge in [-0.1, -0.05) is 18.2 Å². The maximum Gasteiger partial charge on any atom is 0.410 e. The molecule has 0 aliphatic carbocycles. The smallest absolute Gasteiger partial charge is 0.410 e. The molecule has 1 amide bonds. The average molecular weight is 501 g/mol. The Morgan fingerprint density at radius 2 is 2.00 bits per heavy atom. The fourth-order valence-electron chi connectivity index (χ4n) is 3.83. The lowest BCUT2D eigenvalue weighted by atomic mass is 9.97. The number of hydrogen-bond donors (Lipinski definition) is 2. The molecule has 1 aliphatic heterocycles. The van der Waals surface area contributed by atoms with E-state index in [-0.39, 0.29) is 6.09 Å². The van der Waals surface area contributed by atoms with E-state index in [1.54, 1.807) is 15.6 Å². The number of piperidine rings is 1. The number of benzene rings is 1. The molecule has 3 aromatic rings. The summed E-state index contributed by atoms with van der Waals surface area (Å²) in [5.41, 5.74) is 8.80. The van der Waals surface area contributed by atoms with E-state index in [0.717, 1.165) is 46.6 Å². The molecule has 1 aliphatic rings. The van der Waals surface area contributed by atoms with E-state index in [4.69, 9.17) is 15.5 Å². The summed E-state index contributed by atoms with van der Waals surface area (Å²) < 4.78 is 8.11. The number of halogens is 1. The number of aromatic nitrogens is 3. The summed E-state index contributed by atoms with van der Waals surface area (Å²) >= 11 is 3.54. The van der Waals surface area contributed by atoms with Crippen LogP contribution in [0.15, 0.2) is 41.0 Å². The SMILES string of the molecule is CC(C)(C)OC(=O)N1CCC(CNc2cc(-c3ccccc3N)nc3c(Br)cnn23)CC1. The van der Waals surface area contributed by atoms with E-state index in [1.165, 1.54) is 0 Å². The van der Waals surface area contributed by atoms with E-state index in [1.807, 2.05) is 51.1 Å². The first-order valence-corrected chi connectivity index (χ1v) is 11.6. The molecule has 1 fully saturated rings. The van der Waals surface area contributed by atoms with Gasteiger partial charge in [-0.2, -0.15) is 9.61 Å². The van der Waals surface area contributed by atoms with Crippen LogP contribution in [-0.2, 0) is 4.74 Å². The highest BCUT2D eigenvalue weighted by Gasteiger charge is 2.27. The van der Waals surface area contributed by atoms with Crippen molar-refractivity contribution in [1.82, 2.24) is 19.5 Å². The summed E-state index contributed by atoms with van der Waals surface area (Å²) in [6.45, 7) is 7.85. The van der Waals surface area contributed by atoms with Crippen LogP contribution in [0, 0.1) is 5.92 Å². The Hall–Kier alpha value is -2.81. The van der Waals surface area contributed by atoms with E-state index in [9.17, 15) is 4.79 Å². The van der Waals surface area contributed by atoms with E-state index >= 15 is 0 Å². The Morgan fingerprint density at radius 1 is 1.28 bits per heavy atom. The molecule has 3 heterocycles.